The normalized spacial score (nSPS) is 16.2. The average molecular weight is 208 g/mol. The van der Waals surface area contributed by atoms with Gasteiger partial charge < -0.3 is 10.6 Å². The lowest BCUT2D eigenvalue weighted by Gasteiger charge is -2.23. The quantitative estimate of drug-likeness (QED) is 0.805. The second-order valence-corrected chi connectivity index (χ2v) is 4.58. The number of hydrogen-bond donors (Lipinski definition) is 1. The van der Waals surface area contributed by atoms with Crippen LogP contribution in [0.5, 0.6) is 0 Å². The maximum absolute atomic E-state index is 5.62. The van der Waals surface area contributed by atoms with Gasteiger partial charge in [0.25, 0.3) is 0 Å². The molecule has 0 radical (unpaired) electrons. The summed E-state index contributed by atoms with van der Waals surface area (Å²) in [6, 6.07) is 8.62. The molecule has 76 valence electrons. The first-order valence-electron chi connectivity index (χ1n) is 5.08. The zero-order chi connectivity index (χ0) is 9.80. The van der Waals surface area contributed by atoms with E-state index in [4.69, 9.17) is 5.73 Å². The van der Waals surface area contributed by atoms with Gasteiger partial charge in [0, 0.05) is 24.5 Å². The first kappa shape index (κ1) is 9.87. The highest BCUT2D eigenvalue weighted by Gasteiger charge is 2.13. The zero-order valence-electron chi connectivity index (χ0n) is 8.28. The van der Waals surface area contributed by atoms with Crippen molar-refractivity contribution in [3.8, 4) is 0 Å². The molecule has 0 unspecified atom stereocenters. The number of anilines is 1. The number of hydrogen-bond acceptors (Lipinski definition) is 3. The molecule has 0 spiro atoms. The Morgan fingerprint density at radius 3 is 3.07 bits per heavy atom. The summed E-state index contributed by atoms with van der Waals surface area (Å²) in [5.74, 6) is 1.22. The Labute approximate surface area is 89.5 Å². The molecule has 0 bridgehead atoms. The predicted octanol–water partition coefficient (Wildman–Crippen LogP) is 1.95. The molecule has 1 heterocycles. The van der Waals surface area contributed by atoms with Crippen molar-refractivity contribution >= 4 is 17.4 Å². The third kappa shape index (κ3) is 2.04. The summed E-state index contributed by atoms with van der Waals surface area (Å²) in [6.45, 7) is 2.85. The molecule has 0 saturated heterocycles. The van der Waals surface area contributed by atoms with Gasteiger partial charge in [0.1, 0.15) is 0 Å². The molecule has 0 amide bonds. The Balaban J connectivity index is 2.27. The topological polar surface area (TPSA) is 29.3 Å². The lowest BCUT2D eigenvalue weighted by molar-refractivity contribution is 0.767. The third-order valence-electron chi connectivity index (χ3n) is 2.43. The van der Waals surface area contributed by atoms with E-state index in [2.05, 4.69) is 29.2 Å². The summed E-state index contributed by atoms with van der Waals surface area (Å²) in [5.41, 5.74) is 6.98. The standard InChI is InChI=1S/C11H16N2S/c12-6-8-13-7-3-9-14-11-5-2-1-4-10(11)13/h1-2,4-5H,3,6-9,12H2. The van der Waals surface area contributed by atoms with E-state index in [0.717, 1.165) is 19.6 Å². The van der Waals surface area contributed by atoms with Crippen LogP contribution in [0.15, 0.2) is 29.2 Å². The fourth-order valence-corrected chi connectivity index (χ4v) is 2.80. The Kier molecular flexibility index (Phi) is 3.32. The number of rotatable bonds is 2. The third-order valence-corrected chi connectivity index (χ3v) is 3.58. The Hall–Kier alpha value is -0.670. The van der Waals surface area contributed by atoms with E-state index in [1.165, 1.54) is 22.8 Å². The molecule has 0 aromatic heterocycles. The molecular formula is C11H16N2S. The molecule has 0 atom stereocenters. The summed E-state index contributed by atoms with van der Waals surface area (Å²) >= 11 is 1.96. The summed E-state index contributed by atoms with van der Waals surface area (Å²) in [7, 11) is 0. The molecule has 3 heteroatoms. The van der Waals surface area contributed by atoms with E-state index in [9.17, 15) is 0 Å². The highest BCUT2D eigenvalue weighted by molar-refractivity contribution is 7.99. The van der Waals surface area contributed by atoms with Crippen LogP contribution in [0.2, 0.25) is 0 Å². The number of thioether (sulfide) groups is 1. The van der Waals surface area contributed by atoms with Crippen LogP contribution in [-0.2, 0) is 0 Å². The molecule has 1 aromatic carbocycles. The zero-order valence-corrected chi connectivity index (χ0v) is 9.09. The molecule has 1 aliphatic rings. The van der Waals surface area contributed by atoms with Crippen molar-refractivity contribution in [2.45, 2.75) is 11.3 Å². The van der Waals surface area contributed by atoms with Crippen molar-refractivity contribution in [3.63, 3.8) is 0 Å². The van der Waals surface area contributed by atoms with E-state index in [1.807, 2.05) is 11.8 Å². The minimum Gasteiger partial charge on any atom is -0.369 e. The molecule has 1 aromatic rings. The molecule has 2 N–H and O–H groups in total. The highest BCUT2D eigenvalue weighted by atomic mass is 32.2. The summed E-state index contributed by atoms with van der Waals surface area (Å²) in [4.78, 5) is 3.80. The minimum atomic E-state index is 0.735. The Morgan fingerprint density at radius 1 is 1.36 bits per heavy atom. The Morgan fingerprint density at radius 2 is 2.21 bits per heavy atom. The van der Waals surface area contributed by atoms with Gasteiger partial charge in [-0.05, 0) is 24.3 Å². The van der Waals surface area contributed by atoms with Gasteiger partial charge in [0.05, 0.1) is 5.69 Å². The molecule has 0 fully saturated rings. The number of benzene rings is 1. The van der Waals surface area contributed by atoms with Crippen molar-refractivity contribution in [2.75, 3.05) is 30.3 Å². The van der Waals surface area contributed by atoms with Gasteiger partial charge >= 0.3 is 0 Å². The molecule has 14 heavy (non-hydrogen) atoms. The number of nitrogens with zero attached hydrogens (tertiary/aromatic N) is 1. The minimum absolute atomic E-state index is 0.735. The van der Waals surface area contributed by atoms with Crippen molar-refractivity contribution in [1.82, 2.24) is 0 Å². The van der Waals surface area contributed by atoms with E-state index < -0.39 is 0 Å². The summed E-state index contributed by atoms with van der Waals surface area (Å²) in [5, 5.41) is 0. The molecule has 0 saturated carbocycles. The van der Waals surface area contributed by atoms with E-state index in [0.29, 0.717) is 0 Å². The van der Waals surface area contributed by atoms with Gasteiger partial charge in [0.15, 0.2) is 0 Å². The maximum Gasteiger partial charge on any atom is 0.0504 e. The second kappa shape index (κ2) is 4.71. The van der Waals surface area contributed by atoms with Crippen molar-refractivity contribution in [1.29, 1.82) is 0 Å². The smallest absolute Gasteiger partial charge is 0.0504 e. The van der Waals surface area contributed by atoms with Crippen LogP contribution in [0.1, 0.15) is 6.42 Å². The summed E-state index contributed by atoms with van der Waals surface area (Å²) < 4.78 is 0. The fraction of sp³-hybridized carbons (Fsp3) is 0.455. The van der Waals surface area contributed by atoms with Gasteiger partial charge in [0.2, 0.25) is 0 Å². The van der Waals surface area contributed by atoms with Crippen LogP contribution >= 0.6 is 11.8 Å². The van der Waals surface area contributed by atoms with Crippen molar-refractivity contribution in [3.05, 3.63) is 24.3 Å². The Bertz CT molecular complexity index is 301. The van der Waals surface area contributed by atoms with Gasteiger partial charge in [-0.3, -0.25) is 0 Å². The molecule has 1 aliphatic heterocycles. The molecule has 2 rings (SSSR count). The average Bonchev–Trinajstić information content (AvgIpc) is 2.42. The van der Waals surface area contributed by atoms with Crippen LogP contribution < -0.4 is 10.6 Å². The lowest BCUT2D eigenvalue weighted by Crippen LogP contribution is -2.30. The van der Waals surface area contributed by atoms with Gasteiger partial charge in [-0.1, -0.05) is 12.1 Å². The largest absolute Gasteiger partial charge is 0.369 e. The van der Waals surface area contributed by atoms with Crippen molar-refractivity contribution < 1.29 is 0 Å². The molecule has 2 nitrogen and oxygen atoms in total. The van der Waals surface area contributed by atoms with E-state index in [1.54, 1.807) is 0 Å². The van der Waals surface area contributed by atoms with Crippen LogP contribution in [0.4, 0.5) is 5.69 Å². The molecular weight excluding hydrogens is 192 g/mol. The number of para-hydroxylation sites is 1. The van der Waals surface area contributed by atoms with Gasteiger partial charge in [-0.25, -0.2) is 0 Å². The first-order valence-corrected chi connectivity index (χ1v) is 6.07. The monoisotopic (exact) mass is 208 g/mol. The van der Waals surface area contributed by atoms with Crippen LogP contribution in [-0.4, -0.2) is 25.4 Å². The van der Waals surface area contributed by atoms with E-state index >= 15 is 0 Å². The SMILES string of the molecule is NCCN1CCCSc2ccccc21. The number of nitrogens with two attached hydrogens (primary N) is 1. The van der Waals surface area contributed by atoms with Gasteiger partial charge in [-0.2, -0.15) is 0 Å². The predicted molar refractivity (Wildman–Crippen MR) is 63.1 cm³/mol. The van der Waals surface area contributed by atoms with Crippen LogP contribution in [0.3, 0.4) is 0 Å². The first-order chi connectivity index (χ1) is 6.92. The lowest BCUT2D eigenvalue weighted by atomic mass is 10.2. The fourth-order valence-electron chi connectivity index (χ4n) is 1.79. The van der Waals surface area contributed by atoms with Crippen LogP contribution in [0.25, 0.3) is 0 Å². The van der Waals surface area contributed by atoms with Crippen molar-refractivity contribution in [2.24, 2.45) is 5.73 Å². The van der Waals surface area contributed by atoms with E-state index in [-0.39, 0.29) is 0 Å². The maximum atomic E-state index is 5.62. The highest BCUT2D eigenvalue weighted by Crippen LogP contribution is 2.32. The van der Waals surface area contributed by atoms with Gasteiger partial charge in [-0.15, -0.1) is 11.8 Å². The van der Waals surface area contributed by atoms with Crippen LogP contribution in [0, 0.1) is 0 Å². The molecule has 0 aliphatic carbocycles. The number of fused-ring (bicyclic) bond motifs is 1. The second-order valence-electron chi connectivity index (χ2n) is 3.45. The summed E-state index contributed by atoms with van der Waals surface area (Å²) in [6.07, 6.45) is 1.25.